The van der Waals surface area contributed by atoms with Crippen molar-refractivity contribution in [3.63, 3.8) is 0 Å². The summed E-state index contributed by atoms with van der Waals surface area (Å²) in [6.45, 7) is 3.97. The molecule has 0 aliphatic carbocycles. The Labute approximate surface area is 164 Å². The van der Waals surface area contributed by atoms with Crippen LogP contribution in [0.4, 0.5) is 11.4 Å². The first kappa shape index (κ1) is 19.6. The first-order valence-corrected chi connectivity index (χ1v) is 9.26. The van der Waals surface area contributed by atoms with Crippen LogP contribution in [0.2, 0.25) is 0 Å². The summed E-state index contributed by atoms with van der Waals surface area (Å²) >= 11 is 0. The Morgan fingerprint density at radius 1 is 1.00 bits per heavy atom. The maximum atomic E-state index is 12.4. The normalized spacial score (nSPS) is 11.4. The monoisotopic (exact) mass is 379 g/mol. The number of benzene rings is 2. The van der Waals surface area contributed by atoms with Gasteiger partial charge in [0.2, 0.25) is 5.91 Å². The number of rotatable bonds is 7. The third-order valence-corrected chi connectivity index (χ3v) is 4.61. The van der Waals surface area contributed by atoms with E-state index < -0.39 is 0 Å². The average Bonchev–Trinajstić information content (AvgIpc) is 3.05. The molecule has 1 heterocycles. The Hall–Kier alpha value is -3.12. The average molecular weight is 379 g/mol. The summed E-state index contributed by atoms with van der Waals surface area (Å²) in [5, 5.41) is 15.7. The molecule has 0 fully saturated rings. The van der Waals surface area contributed by atoms with E-state index in [0.29, 0.717) is 24.2 Å². The van der Waals surface area contributed by atoms with Gasteiger partial charge in [0.1, 0.15) is 5.69 Å². The molecule has 0 spiro atoms. The molecule has 6 heteroatoms. The Morgan fingerprint density at radius 2 is 1.75 bits per heavy atom. The highest BCUT2D eigenvalue weighted by molar-refractivity contribution is 6.06. The zero-order valence-corrected chi connectivity index (χ0v) is 16.1. The highest BCUT2D eigenvalue weighted by Gasteiger charge is 2.21. The molecule has 0 atom stereocenters. The van der Waals surface area contributed by atoms with Gasteiger partial charge in [0.15, 0.2) is 0 Å². The SMILES string of the molecule is CC(C)(CCO)CC(=O)Nc1ccc2[nH]c(C(=O)Nc3ccccc3)cc2c1. The van der Waals surface area contributed by atoms with Crippen molar-refractivity contribution in [2.75, 3.05) is 17.2 Å². The number of hydrogen-bond donors (Lipinski definition) is 4. The van der Waals surface area contributed by atoms with Gasteiger partial charge in [0.25, 0.3) is 5.91 Å². The topological polar surface area (TPSA) is 94.2 Å². The van der Waals surface area contributed by atoms with E-state index in [-0.39, 0.29) is 23.8 Å². The molecule has 2 amide bonds. The fourth-order valence-corrected chi connectivity index (χ4v) is 3.08. The van der Waals surface area contributed by atoms with E-state index in [0.717, 1.165) is 16.6 Å². The van der Waals surface area contributed by atoms with E-state index in [1.54, 1.807) is 12.1 Å². The lowest BCUT2D eigenvalue weighted by Crippen LogP contribution is -2.23. The lowest BCUT2D eigenvalue weighted by Gasteiger charge is -2.22. The minimum atomic E-state index is -0.264. The summed E-state index contributed by atoms with van der Waals surface area (Å²) < 4.78 is 0. The van der Waals surface area contributed by atoms with Gasteiger partial charge in [-0.2, -0.15) is 0 Å². The van der Waals surface area contributed by atoms with Gasteiger partial charge in [-0.05, 0) is 48.2 Å². The molecule has 4 N–H and O–H groups in total. The van der Waals surface area contributed by atoms with Crippen LogP contribution < -0.4 is 10.6 Å². The Morgan fingerprint density at radius 3 is 2.46 bits per heavy atom. The Balaban J connectivity index is 1.70. The van der Waals surface area contributed by atoms with Crippen LogP contribution in [0.5, 0.6) is 0 Å². The molecule has 146 valence electrons. The summed E-state index contributed by atoms with van der Waals surface area (Å²) in [5.74, 6) is -0.325. The van der Waals surface area contributed by atoms with E-state index in [1.165, 1.54) is 0 Å². The molecular weight excluding hydrogens is 354 g/mol. The maximum Gasteiger partial charge on any atom is 0.272 e. The van der Waals surface area contributed by atoms with E-state index in [1.807, 2.05) is 56.3 Å². The van der Waals surface area contributed by atoms with Gasteiger partial charge in [0.05, 0.1) is 0 Å². The number of amides is 2. The van der Waals surface area contributed by atoms with Crippen LogP contribution in [0.25, 0.3) is 10.9 Å². The summed E-state index contributed by atoms with van der Waals surface area (Å²) in [7, 11) is 0. The zero-order valence-electron chi connectivity index (χ0n) is 16.1. The van der Waals surface area contributed by atoms with Crippen molar-refractivity contribution in [2.45, 2.75) is 26.7 Å². The molecule has 0 aliphatic rings. The van der Waals surface area contributed by atoms with Crippen LogP contribution >= 0.6 is 0 Å². The van der Waals surface area contributed by atoms with Crippen molar-refractivity contribution in [2.24, 2.45) is 5.41 Å². The molecule has 0 unspecified atom stereocenters. The number of anilines is 2. The predicted molar refractivity (Wildman–Crippen MR) is 111 cm³/mol. The number of aliphatic hydroxyl groups excluding tert-OH is 1. The van der Waals surface area contributed by atoms with Crippen molar-refractivity contribution in [1.82, 2.24) is 4.98 Å². The number of nitrogens with one attached hydrogen (secondary N) is 3. The molecule has 3 aromatic rings. The second-order valence-electron chi connectivity index (χ2n) is 7.67. The van der Waals surface area contributed by atoms with Crippen LogP contribution in [-0.2, 0) is 4.79 Å². The van der Waals surface area contributed by atoms with Gasteiger partial charge in [0, 0.05) is 35.3 Å². The number of fused-ring (bicyclic) bond motifs is 1. The number of aromatic nitrogens is 1. The van der Waals surface area contributed by atoms with Crippen LogP contribution in [-0.4, -0.2) is 28.5 Å². The fraction of sp³-hybridized carbons (Fsp3) is 0.273. The number of aliphatic hydroxyl groups is 1. The van der Waals surface area contributed by atoms with Crippen LogP contribution in [0.3, 0.4) is 0 Å². The third-order valence-electron chi connectivity index (χ3n) is 4.61. The number of carbonyl (C=O) groups excluding carboxylic acids is 2. The highest BCUT2D eigenvalue weighted by atomic mass is 16.3. The van der Waals surface area contributed by atoms with Gasteiger partial charge in [-0.15, -0.1) is 0 Å². The van der Waals surface area contributed by atoms with Crippen molar-refractivity contribution in [3.05, 3.63) is 60.3 Å². The lowest BCUT2D eigenvalue weighted by molar-refractivity contribution is -0.118. The Kier molecular flexibility index (Phi) is 5.80. The van der Waals surface area contributed by atoms with Gasteiger partial charge >= 0.3 is 0 Å². The number of H-pyrrole nitrogens is 1. The van der Waals surface area contributed by atoms with Gasteiger partial charge < -0.3 is 20.7 Å². The van der Waals surface area contributed by atoms with Crippen molar-refractivity contribution in [3.8, 4) is 0 Å². The zero-order chi connectivity index (χ0) is 20.1. The molecular formula is C22H25N3O3. The first-order chi connectivity index (χ1) is 13.4. The van der Waals surface area contributed by atoms with E-state index in [9.17, 15) is 9.59 Å². The summed E-state index contributed by atoms with van der Waals surface area (Å²) in [6.07, 6.45) is 0.890. The number of carbonyl (C=O) groups is 2. The number of para-hydroxylation sites is 1. The van der Waals surface area contributed by atoms with Gasteiger partial charge in [-0.1, -0.05) is 32.0 Å². The molecule has 0 radical (unpaired) electrons. The molecule has 6 nitrogen and oxygen atoms in total. The third kappa shape index (κ3) is 4.98. The summed E-state index contributed by atoms with van der Waals surface area (Å²) in [4.78, 5) is 27.8. The lowest BCUT2D eigenvalue weighted by atomic mass is 9.86. The van der Waals surface area contributed by atoms with Crippen molar-refractivity contribution in [1.29, 1.82) is 0 Å². The minimum absolute atomic E-state index is 0.0589. The first-order valence-electron chi connectivity index (χ1n) is 9.26. The molecule has 3 rings (SSSR count). The number of hydrogen-bond acceptors (Lipinski definition) is 3. The molecule has 28 heavy (non-hydrogen) atoms. The quantitative estimate of drug-likeness (QED) is 0.496. The minimum Gasteiger partial charge on any atom is -0.396 e. The second kappa shape index (κ2) is 8.27. The standard InChI is InChI=1S/C22H25N3O3/c1-22(2,10-11-26)14-20(27)23-17-8-9-18-15(12-17)13-19(25-18)21(28)24-16-6-4-3-5-7-16/h3-9,12-13,25-26H,10-11,14H2,1-2H3,(H,23,27)(H,24,28). The van der Waals surface area contributed by atoms with Crippen LogP contribution in [0, 0.1) is 5.41 Å². The van der Waals surface area contributed by atoms with E-state index in [4.69, 9.17) is 5.11 Å². The molecule has 2 aromatic carbocycles. The second-order valence-corrected chi connectivity index (χ2v) is 7.67. The summed E-state index contributed by atoms with van der Waals surface area (Å²) in [5.41, 5.74) is 2.40. The molecule has 0 saturated carbocycles. The maximum absolute atomic E-state index is 12.4. The predicted octanol–water partition coefficient (Wildman–Crippen LogP) is 4.16. The Bertz CT molecular complexity index is 977. The molecule has 0 bridgehead atoms. The fourth-order valence-electron chi connectivity index (χ4n) is 3.08. The van der Waals surface area contributed by atoms with Crippen molar-refractivity contribution < 1.29 is 14.7 Å². The smallest absolute Gasteiger partial charge is 0.272 e. The molecule has 1 aromatic heterocycles. The summed E-state index contributed by atoms with van der Waals surface area (Å²) in [6, 6.07) is 16.5. The van der Waals surface area contributed by atoms with Gasteiger partial charge in [-0.3, -0.25) is 9.59 Å². The van der Waals surface area contributed by atoms with Crippen LogP contribution in [0.15, 0.2) is 54.6 Å². The van der Waals surface area contributed by atoms with E-state index >= 15 is 0 Å². The number of aromatic amines is 1. The molecule has 0 saturated heterocycles. The highest BCUT2D eigenvalue weighted by Crippen LogP contribution is 2.26. The van der Waals surface area contributed by atoms with E-state index in [2.05, 4.69) is 15.6 Å². The molecule has 0 aliphatic heterocycles. The van der Waals surface area contributed by atoms with Gasteiger partial charge in [-0.25, -0.2) is 0 Å². The largest absolute Gasteiger partial charge is 0.396 e. The van der Waals surface area contributed by atoms with Crippen LogP contribution in [0.1, 0.15) is 37.2 Å². The van der Waals surface area contributed by atoms with Crippen molar-refractivity contribution >= 4 is 34.1 Å².